The van der Waals surface area contributed by atoms with Gasteiger partial charge in [0.25, 0.3) is 6.43 Å². The molecule has 0 aliphatic heterocycles. The molecule has 0 N–H and O–H groups in total. The highest BCUT2D eigenvalue weighted by atomic mass is 127. The fourth-order valence-electron chi connectivity index (χ4n) is 0.783. The Labute approximate surface area is 89.4 Å². The molecule has 0 aromatic carbocycles. The van der Waals surface area contributed by atoms with Gasteiger partial charge in [0, 0.05) is 28.7 Å². The lowest BCUT2D eigenvalue weighted by Crippen LogP contribution is -2.02. The molecule has 14 heavy (non-hydrogen) atoms. The molecule has 0 saturated carbocycles. The summed E-state index contributed by atoms with van der Waals surface area (Å²) >= 11 is 1.50. The topological polar surface area (TPSA) is 56.0 Å². The van der Waals surface area contributed by atoms with Crippen molar-refractivity contribution in [3.8, 4) is 0 Å². The van der Waals surface area contributed by atoms with Crippen LogP contribution in [0.15, 0.2) is 6.07 Å². The summed E-state index contributed by atoms with van der Waals surface area (Å²) in [5.41, 5.74) is -1.00. The normalized spacial score (nSPS) is 10.6. The highest BCUT2D eigenvalue weighted by Gasteiger charge is 2.26. The molecule has 0 aliphatic rings. The van der Waals surface area contributed by atoms with E-state index in [1.165, 1.54) is 22.6 Å². The molecule has 1 aromatic heterocycles. The van der Waals surface area contributed by atoms with Gasteiger partial charge in [-0.1, -0.05) is 0 Å². The van der Waals surface area contributed by atoms with Gasteiger partial charge in [0.1, 0.15) is 0 Å². The van der Waals surface area contributed by atoms with Crippen molar-refractivity contribution in [1.82, 2.24) is 4.98 Å². The summed E-state index contributed by atoms with van der Waals surface area (Å²) in [5.74, 6) is -2.75. The van der Waals surface area contributed by atoms with E-state index in [-0.39, 0.29) is 3.70 Å². The average Bonchev–Trinajstić information content (AvgIpc) is 2.07. The van der Waals surface area contributed by atoms with Crippen molar-refractivity contribution in [2.24, 2.45) is 0 Å². The molecule has 0 radical (unpaired) electrons. The maximum Gasteiger partial charge on any atom is 0.401 e. The third kappa shape index (κ3) is 2.11. The SMILES string of the molecule is O=[N+]([O-])c1nc(I)cc(C(F)F)c1F. The Kier molecular flexibility index (Phi) is 3.24. The number of nitrogens with zero attached hydrogens (tertiary/aromatic N) is 2. The minimum absolute atomic E-state index is 0.0500. The molecule has 0 unspecified atom stereocenters. The van der Waals surface area contributed by atoms with Crippen molar-refractivity contribution in [3.63, 3.8) is 0 Å². The van der Waals surface area contributed by atoms with Crippen molar-refractivity contribution < 1.29 is 18.1 Å². The van der Waals surface area contributed by atoms with Gasteiger partial charge >= 0.3 is 5.82 Å². The lowest BCUT2D eigenvalue weighted by molar-refractivity contribution is -0.392. The average molecular weight is 318 g/mol. The van der Waals surface area contributed by atoms with E-state index >= 15 is 0 Å². The summed E-state index contributed by atoms with van der Waals surface area (Å²) in [4.78, 5) is 12.3. The largest absolute Gasteiger partial charge is 0.401 e. The van der Waals surface area contributed by atoms with Gasteiger partial charge in [-0.2, -0.15) is 4.39 Å². The van der Waals surface area contributed by atoms with Crippen LogP contribution in [-0.2, 0) is 0 Å². The first kappa shape index (κ1) is 11.1. The van der Waals surface area contributed by atoms with Crippen LogP contribution in [0.2, 0.25) is 0 Å². The molecular weight excluding hydrogens is 316 g/mol. The van der Waals surface area contributed by atoms with E-state index in [2.05, 4.69) is 4.98 Å². The summed E-state index contributed by atoms with van der Waals surface area (Å²) in [6.45, 7) is 0. The zero-order chi connectivity index (χ0) is 10.9. The molecular formula is C6H2F3IN2O2. The molecule has 0 amide bonds. The molecule has 0 saturated heterocycles. The van der Waals surface area contributed by atoms with Gasteiger partial charge in [0.15, 0.2) is 0 Å². The first-order valence-electron chi connectivity index (χ1n) is 3.22. The predicted molar refractivity (Wildman–Crippen MR) is 48.5 cm³/mol. The second kappa shape index (κ2) is 4.07. The summed E-state index contributed by atoms with van der Waals surface area (Å²) < 4.78 is 37.2. The number of nitro groups is 1. The number of halogens is 4. The molecule has 0 atom stereocenters. The van der Waals surface area contributed by atoms with E-state index in [9.17, 15) is 23.3 Å². The number of alkyl halides is 2. The Morgan fingerprint density at radius 2 is 2.14 bits per heavy atom. The van der Waals surface area contributed by atoms with Crippen LogP contribution in [0.4, 0.5) is 19.0 Å². The van der Waals surface area contributed by atoms with E-state index in [4.69, 9.17) is 0 Å². The minimum atomic E-state index is -3.09. The van der Waals surface area contributed by atoms with E-state index in [0.717, 1.165) is 6.07 Å². The molecule has 0 bridgehead atoms. The van der Waals surface area contributed by atoms with Gasteiger partial charge in [0.05, 0.1) is 5.56 Å². The molecule has 0 spiro atoms. The molecule has 4 nitrogen and oxygen atoms in total. The van der Waals surface area contributed by atoms with Crippen molar-refractivity contribution in [1.29, 1.82) is 0 Å². The Morgan fingerprint density at radius 1 is 1.57 bits per heavy atom. The van der Waals surface area contributed by atoms with Crippen LogP contribution in [0.3, 0.4) is 0 Å². The lowest BCUT2D eigenvalue weighted by atomic mass is 10.2. The molecule has 1 rings (SSSR count). The van der Waals surface area contributed by atoms with Gasteiger partial charge in [-0.25, -0.2) is 8.78 Å². The van der Waals surface area contributed by atoms with Crippen molar-refractivity contribution in [3.05, 3.63) is 31.3 Å². The Hall–Kier alpha value is -0.930. The molecule has 0 aliphatic carbocycles. The van der Waals surface area contributed by atoms with Gasteiger partial charge < -0.3 is 10.1 Å². The molecule has 1 aromatic rings. The third-order valence-electron chi connectivity index (χ3n) is 1.35. The molecule has 76 valence electrons. The molecule has 0 fully saturated rings. The highest BCUT2D eigenvalue weighted by molar-refractivity contribution is 14.1. The van der Waals surface area contributed by atoms with Crippen molar-refractivity contribution >= 4 is 28.4 Å². The van der Waals surface area contributed by atoms with E-state index in [0.29, 0.717) is 0 Å². The lowest BCUT2D eigenvalue weighted by Gasteiger charge is -2.01. The zero-order valence-corrected chi connectivity index (χ0v) is 8.53. The smallest absolute Gasteiger partial charge is 0.358 e. The second-order valence-corrected chi connectivity index (χ2v) is 3.33. The minimum Gasteiger partial charge on any atom is -0.358 e. The van der Waals surface area contributed by atoms with Crippen LogP contribution in [0.25, 0.3) is 0 Å². The maximum atomic E-state index is 13.0. The first-order valence-corrected chi connectivity index (χ1v) is 4.30. The van der Waals surface area contributed by atoms with Crippen LogP contribution < -0.4 is 0 Å². The van der Waals surface area contributed by atoms with Crippen molar-refractivity contribution in [2.45, 2.75) is 6.43 Å². The van der Waals surface area contributed by atoms with Crippen LogP contribution >= 0.6 is 22.6 Å². The van der Waals surface area contributed by atoms with Gasteiger partial charge in [-0.15, -0.1) is 0 Å². The molecule has 8 heteroatoms. The summed E-state index contributed by atoms with van der Waals surface area (Å²) in [7, 11) is 0. The standard InChI is InChI=1S/C6H2F3IN2O2/c7-4-2(5(8)9)1-3(10)11-6(4)12(13)14/h1,5H. The Balaban J connectivity index is 3.40. The number of pyridine rings is 1. The first-order chi connectivity index (χ1) is 6.43. The monoisotopic (exact) mass is 318 g/mol. The van der Waals surface area contributed by atoms with E-state index in [1.54, 1.807) is 0 Å². The number of hydrogen-bond acceptors (Lipinski definition) is 3. The third-order valence-corrected chi connectivity index (χ3v) is 1.90. The van der Waals surface area contributed by atoms with E-state index < -0.39 is 28.5 Å². The fraction of sp³-hybridized carbons (Fsp3) is 0.167. The van der Waals surface area contributed by atoms with E-state index in [1.807, 2.05) is 0 Å². The van der Waals surface area contributed by atoms with Crippen molar-refractivity contribution in [2.75, 3.05) is 0 Å². The maximum absolute atomic E-state index is 13.0. The summed E-state index contributed by atoms with van der Waals surface area (Å²) in [5, 5.41) is 10.2. The quantitative estimate of drug-likeness (QED) is 0.365. The van der Waals surface area contributed by atoms with Gasteiger partial charge in [0.2, 0.25) is 9.52 Å². The molecule has 1 heterocycles. The van der Waals surface area contributed by atoms with Crippen LogP contribution in [0.5, 0.6) is 0 Å². The fourth-order valence-corrected chi connectivity index (χ4v) is 1.35. The predicted octanol–water partition coefficient (Wildman–Crippen LogP) is 2.67. The Bertz CT molecular complexity index is 386. The summed E-state index contributed by atoms with van der Waals surface area (Å²) in [6, 6.07) is 0.771. The van der Waals surface area contributed by atoms with Crippen LogP contribution in [0.1, 0.15) is 12.0 Å². The Morgan fingerprint density at radius 3 is 2.57 bits per heavy atom. The van der Waals surface area contributed by atoms with Crippen LogP contribution in [-0.4, -0.2) is 9.91 Å². The highest BCUT2D eigenvalue weighted by Crippen LogP contribution is 2.27. The number of hydrogen-bond donors (Lipinski definition) is 0. The number of rotatable bonds is 2. The van der Waals surface area contributed by atoms with Gasteiger partial charge in [-0.3, -0.25) is 0 Å². The second-order valence-electron chi connectivity index (χ2n) is 2.23. The zero-order valence-electron chi connectivity index (χ0n) is 6.38. The summed E-state index contributed by atoms with van der Waals surface area (Å²) in [6.07, 6.45) is -3.09. The number of aromatic nitrogens is 1. The van der Waals surface area contributed by atoms with Crippen LogP contribution in [0, 0.1) is 19.6 Å². The van der Waals surface area contributed by atoms with Gasteiger partial charge in [-0.05, 0) is 9.91 Å².